The average molecular weight is 402 g/mol. The molecule has 0 aromatic heterocycles. The maximum atomic E-state index is 12.6. The molecule has 5 nitrogen and oxygen atoms in total. The van der Waals surface area contributed by atoms with Crippen LogP contribution in [0.3, 0.4) is 0 Å². The molecule has 0 fully saturated rings. The van der Waals surface area contributed by atoms with Gasteiger partial charge in [-0.1, -0.05) is 37.6 Å². The molecule has 0 saturated heterocycles. The summed E-state index contributed by atoms with van der Waals surface area (Å²) < 4.78 is 0. The minimum atomic E-state index is -0.242. The topological polar surface area (TPSA) is 70.2 Å². The summed E-state index contributed by atoms with van der Waals surface area (Å²) in [6.45, 7) is 4.70. The van der Waals surface area contributed by atoms with Gasteiger partial charge in [-0.2, -0.15) is 0 Å². The lowest BCUT2D eigenvalue weighted by Gasteiger charge is -2.25. The normalized spacial score (nSPS) is 15.1. The van der Waals surface area contributed by atoms with Gasteiger partial charge < -0.3 is 16.0 Å². The van der Waals surface area contributed by atoms with Crippen LogP contribution in [0.15, 0.2) is 42.5 Å². The zero-order valence-electron chi connectivity index (χ0n) is 16.4. The summed E-state index contributed by atoms with van der Waals surface area (Å²) in [6, 6.07) is 13.5. The molecule has 1 atom stereocenters. The number of nitrogens with one attached hydrogen (secondary N) is 3. The van der Waals surface area contributed by atoms with Crippen molar-refractivity contribution in [1.82, 2.24) is 5.32 Å². The van der Waals surface area contributed by atoms with Crippen LogP contribution in [0, 0.1) is 6.92 Å². The first-order valence-electron chi connectivity index (χ1n) is 9.58. The van der Waals surface area contributed by atoms with Gasteiger partial charge in [0.2, 0.25) is 11.8 Å². The van der Waals surface area contributed by atoms with Gasteiger partial charge in [-0.05, 0) is 54.7 Å². The fraction of sp³-hybridized carbons (Fsp3) is 0.364. The Hall–Kier alpha value is -2.37. The Morgan fingerprint density at radius 2 is 1.86 bits per heavy atom. The fourth-order valence-corrected chi connectivity index (χ4v) is 3.30. The molecular formula is C22H28ClN3O2. The van der Waals surface area contributed by atoms with E-state index in [0.717, 1.165) is 29.8 Å². The number of fused-ring (bicyclic) bond motifs is 1. The molecule has 150 valence electrons. The van der Waals surface area contributed by atoms with E-state index in [2.05, 4.69) is 35.0 Å². The molecule has 0 unspecified atom stereocenters. The van der Waals surface area contributed by atoms with Crippen molar-refractivity contribution in [3.8, 4) is 0 Å². The van der Waals surface area contributed by atoms with Gasteiger partial charge in [0.1, 0.15) is 0 Å². The van der Waals surface area contributed by atoms with Crippen LogP contribution >= 0.6 is 12.4 Å². The molecule has 0 bridgehead atoms. The highest BCUT2D eigenvalue weighted by molar-refractivity contribution is 5.96. The molecule has 6 heteroatoms. The van der Waals surface area contributed by atoms with Crippen LogP contribution in [-0.4, -0.2) is 17.9 Å². The van der Waals surface area contributed by atoms with E-state index in [1.807, 2.05) is 37.3 Å². The quantitative estimate of drug-likeness (QED) is 0.679. The SMILES string of the molecule is CCCCC(=O)Nc1ccc(NC(=O)[C@H]2Cc3ccccc3CN2)cc1C.Cl. The summed E-state index contributed by atoms with van der Waals surface area (Å²) in [7, 11) is 0. The molecule has 3 rings (SSSR count). The second kappa shape index (κ2) is 10.2. The molecule has 3 N–H and O–H groups in total. The van der Waals surface area contributed by atoms with Crippen molar-refractivity contribution in [2.45, 2.75) is 52.1 Å². The van der Waals surface area contributed by atoms with Crippen LogP contribution in [0.1, 0.15) is 42.9 Å². The fourth-order valence-electron chi connectivity index (χ4n) is 3.30. The van der Waals surface area contributed by atoms with Gasteiger partial charge in [0, 0.05) is 24.3 Å². The second-order valence-corrected chi connectivity index (χ2v) is 7.08. The maximum Gasteiger partial charge on any atom is 0.241 e. The van der Waals surface area contributed by atoms with Crippen LogP contribution < -0.4 is 16.0 Å². The summed E-state index contributed by atoms with van der Waals surface area (Å²) in [5.74, 6) is -0.00885. The summed E-state index contributed by atoms with van der Waals surface area (Å²) in [6.07, 6.45) is 3.10. The lowest BCUT2D eigenvalue weighted by atomic mass is 9.95. The van der Waals surface area contributed by atoms with E-state index in [1.54, 1.807) is 0 Å². The predicted molar refractivity (Wildman–Crippen MR) is 116 cm³/mol. The summed E-state index contributed by atoms with van der Waals surface area (Å²) >= 11 is 0. The zero-order chi connectivity index (χ0) is 19.2. The minimum Gasteiger partial charge on any atom is -0.326 e. The van der Waals surface area contributed by atoms with Gasteiger partial charge in [-0.3, -0.25) is 9.59 Å². The van der Waals surface area contributed by atoms with Gasteiger partial charge in [0.15, 0.2) is 0 Å². The molecule has 2 amide bonds. The average Bonchev–Trinajstić information content (AvgIpc) is 2.68. The van der Waals surface area contributed by atoms with E-state index in [1.165, 1.54) is 11.1 Å². The Bertz CT molecular complexity index is 838. The number of carbonyl (C=O) groups excluding carboxylic acids is 2. The molecule has 28 heavy (non-hydrogen) atoms. The number of benzene rings is 2. The van der Waals surface area contributed by atoms with Crippen LogP contribution in [0.25, 0.3) is 0 Å². The standard InChI is InChI=1S/C22H27N3O2.ClH/c1-3-4-9-21(26)25-19-11-10-18(12-15(19)2)24-22(27)20-13-16-7-5-6-8-17(16)14-23-20;/h5-8,10-12,20,23H,3-4,9,13-14H2,1-2H3,(H,24,27)(H,25,26);1H/t20-;/m1./s1. The first kappa shape index (κ1) is 21.9. The number of carbonyl (C=O) groups is 2. The highest BCUT2D eigenvalue weighted by Gasteiger charge is 2.24. The largest absolute Gasteiger partial charge is 0.326 e. The molecule has 0 aliphatic carbocycles. The highest BCUT2D eigenvalue weighted by Crippen LogP contribution is 2.22. The van der Waals surface area contributed by atoms with Crippen LogP contribution in [0.5, 0.6) is 0 Å². The number of unbranched alkanes of at least 4 members (excludes halogenated alkanes) is 1. The second-order valence-electron chi connectivity index (χ2n) is 7.08. The number of amides is 2. The molecule has 1 aliphatic rings. The first-order chi connectivity index (χ1) is 13.1. The summed E-state index contributed by atoms with van der Waals surface area (Å²) in [5.41, 5.74) is 4.93. The Labute approximate surface area is 172 Å². The van der Waals surface area contributed by atoms with E-state index < -0.39 is 0 Å². The van der Waals surface area contributed by atoms with Crippen molar-refractivity contribution in [2.24, 2.45) is 0 Å². The van der Waals surface area contributed by atoms with E-state index in [0.29, 0.717) is 19.4 Å². The number of hydrogen-bond donors (Lipinski definition) is 3. The molecule has 0 radical (unpaired) electrons. The Kier molecular flexibility index (Phi) is 8.03. The Morgan fingerprint density at radius 1 is 1.11 bits per heavy atom. The number of aryl methyl sites for hydroxylation is 1. The molecule has 2 aromatic carbocycles. The van der Waals surface area contributed by atoms with E-state index in [4.69, 9.17) is 0 Å². The maximum absolute atomic E-state index is 12.6. The van der Waals surface area contributed by atoms with Crippen LogP contribution in [0.4, 0.5) is 11.4 Å². The smallest absolute Gasteiger partial charge is 0.241 e. The Morgan fingerprint density at radius 3 is 2.57 bits per heavy atom. The van der Waals surface area contributed by atoms with Crippen molar-refractivity contribution >= 4 is 35.6 Å². The highest BCUT2D eigenvalue weighted by atomic mass is 35.5. The van der Waals surface area contributed by atoms with Gasteiger partial charge >= 0.3 is 0 Å². The molecule has 0 saturated carbocycles. The predicted octanol–water partition coefficient (Wildman–Crippen LogP) is 4.20. The summed E-state index contributed by atoms with van der Waals surface area (Å²) in [4.78, 5) is 24.5. The summed E-state index contributed by atoms with van der Waals surface area (Å²) in [5, 5.41) is 9.22. The monoisotopic (exact) mass is 401 g/mol. The number of halogens is 1. The molecular weight excluding hydrogens is 374 g/mol. The Balaban J connectivity index is 0.00000280. The number of anilines is 2. The van der Waals surface area contributed by atoms with Crippen molar-refractivity contribution in [1.29, 1.82) is 0 Å². The van der Waals surface area contributed by atoms with Crippen molar-refractivity contribution in [3.63, 3.8) is 0 Å². The molecule has 1 heterocycles. The number of rotatable bonds is 6. The van der Waals surface area contributed by atoms with Gasteiger partial charge in [-0.15, -0.1) is 12.4 Å². The minimum absolute atomic E-state index is 0. The zero-order valence-corrected chi connectivity index (χ0v) is 17.2. The lowest BCUT2D eigenvalue weighted by Crippen LogP contribution is -2.44. The molecule has 1 aliphatic heterocycles. The van der Waals surface area contributed by atoms with E-state index in [9.17, 15) is 9.59 Å². The molecule has 0 spiro atoms. The molecule has 2 aromatic rings. The van der Waals surface area contributed by atoms with Crippen LogP contribution in [-0.2, 0) is 22.6 Å². The first-order valence-corrected chi connectivity index (χ1v) is 9.58. The van der Waals surface area contributed by atoms with Gasteiger partial charge in [0.25, 0.3) is 0 Å². The lowest BCUT2D eigenvalue weighted by molar-refractivity contribution is -0.118. The van der Waals surface area contributed by atoms with E-state index in [-0.39, 0.29) is 30.3 Å². The number of hydrogen-bond acceptors (Lipinski definition) is 3. The van der Waals surface area contributed by atoms with Crippen molar-refractivity contribution < 1.29 is 9.59 Å². The third-order valence-electron chi connectivity index (χ3n) is 4.92. The van der Waals surface area contributed by atoms with Gasteiger partial charge in [-0.25, -0.2) is 0 Å². The third kappa shape index (κ3) is 5.57. The third-order valence-corrected chi connectivity index (χ3v) is 4.92. The van der Waals surface area contributed by atoms with Crippen LogP contribution in [0.2, 0.25) is 0 Å². The van der Waals surface area contributed by atoms with Crippen molar-refractivity contribution in [3.05, 3.63) is 59.2 Å². The van der Waals surface area contributed by atoms with E-state index >= 15 is 0 Å². The van der Waals surface area contributed by atoms with Crippen molar-refractivity contribution in [2.75, 3.05) is 10.6 Å². The van der Waals surface area contributed by atoms with Gasteiger partial charge in [0.05, 0.1) is 6.04 Å².